The Hall–Kier alpha value is -2.38. The number of benzene rings is 1. The molecule has 1 amide bonds. The minimum absolute atomic E-state index is 0.0670. The summed E-state index contributed by atoms with van der Waals surface area (Å²) >= 11 is 6.09. The predicted octanol–water partition coefficient (Wildman–Crippen LogP) is 3.74. The van der Waals surface area contributed by atoms with Gasteiger partial charge in [-0.2, -0.15) is 5.10 Å². The molecule has 1 aliphatic rings. The Labute approximate surface area is 188 Å². The summed E-state index contributed by atoms with van der Waals surface area (Å²) in [6.07, 6.45) is 3.63. The van der Waals surface area contributed by atoms with Crippen molar-refractivity contribution in [1.82, 2.24) is 15.1 Å². The second kappa shape index (κ2) is 11.3. The molecule has 0 fully saturated rings. The minimum atomic E-state index is -0.396. The molecule has 0 atom stereocenters. The van der Waals surface area contributed by atoms with Crippen molar-refractivity contribution in [3.8, 4) is 0 Å². The van der Waals surface area contributed by atoms with Crippen LogP contribution < -0.4 is 5.32 Å². The number of fused-ring (bicyclic) bond motifs is 1. The average molecular weight is 448 g/mol. The van der Waals surface area contributed by atoms with Gasteiger partial charge in [0.25, 0.3) is 5.91 Å². The first kappa shape index (κ1) is 23.3. The van der Waals surface area contributed by atoms with Crippen LogP contribution in [0.2, 0.25) is 5.02 Å². The maximum atomic E-state index is 12.8. The van der Waals surface area contributed by atoms with E-state index in [1.165, 1.54) is 0 Å². The van der Waals surface area contributed by atoms with Gasteiger partial charge < -0.3 is 14.8 Å². The molecular formula is C23H30ClN3O4. The summed E-state index contributed by atoms with van der Waals surface area (Å²) in [7, 11) is 0. The normalized spacial score (nSPS) is 15.0. The van der Waals surface area contributed by atoms with Crippen molar-refractivity contribution in [3.63, 3.8) is 0 Å². The lowest BCUT2D eigenvalue weighted by Gasteiger charge is -2.10. The third-order valence-electron chi connectivity index (χ3n) is 5.30. The van der Waals surface area contributed by atoms with E-state index in [-0.39, 0.29) is 12.5 Å². The van der Waals surface area contributed by atoms with Crippen molar-refractivity contribution in [2.45, 2.75) is 52.5 Å². The van der Waals surface area contributed by atoms with Gasteiger partial charge in [0.15, 0.2) is 0 Å². The molecule has 1 aromatic heterocycles. The molecule has 8 heteroatoms. The first-order chi connectivity index (χ1) is 15.0. The van der Waals surface area contributed by atoms with Crippen molar-refractivity contribution in [2.75, 3.05) is 26.4 Å². The maximum absolute atomic E-state index is 12.8. The Bertz CT molecular complexity index is 926. The molecule has 2 aromatic rings. The molecule has 0 spiro atoms. The summed E-state index contributed by atoms with van der Waals surface area (Å²) in [5.41, 5.74) is 3.77. The smallest absolute Gasteiger partial charge is 0.338 e. The van der Waals surface area contributed by atoms with Crippen LogP contribution in [0.15, 0.2) is 18.2 Å². The summed E-state index contributed by atoms with van der Waals surface area (Å²) in [6.45, 7) is 6.62. The lowest BCUT2D eigenvalue weighted by molar-refractivity contribution is 0.0494. The van der Waals surface area contributed by atoms with Crippen LogP contribution in [0.25, 0.3) is 0 Å². The van der Waals surface area contributed by atoms with E-state index < -0.39 is 5.97 Å². The van der Waals surface area contributed by atoms with Gasteiger partial charge in [-0.3, -0.25) is 9.48 Å². The molecule has 31 heavy (non-hydrogen) atoms. The Morgan fingerprint density at radius 2 is 2.13 bits per heavy atom. The summed E-state index contributed by atoms with van der Waals surface area (Å²) < 4.78 is 12.9. The maximum Gasteiger partial charge on any atom is 0.338 e. The highest BCUT2D eigenvalue weighted by Crippen LogP contribution is 2.20. The van der Waals surface area contributed by atoms with E-state index in [1.807, 2.05) is 18.5 Å². The molecule has 1 aliphatic heterocycles. The zero-order valence-corrected chi connectivity index (χ0v) is 19.0. The van der Waals surface area contributed by atoms with E-state index in [0.29, 0.717) is 55.3 Å². The predicted molar refractivity (Wildman–Crippen MR) is 119 cm³/mol. The number of halogens is 1. The Morgan fingerprint density at radius 3 is 2.90 bits per heavy atom. The van der Waals surface area contributed by atoms with Crippen molar-refractivity contribution in [2.24, 2.45) is 0 Å². The van der Waals surface area contributed by atoms with Crippen LogP contribution in [0.4, 0.5) is 0 Å². The van der Waals surface area contributed by atoms with Crippen LogP contribution in [0.5, 0.6) is 0 Å². The van der Waals surface area contributed by atoms with E-state index in [9.17, 15) is 9.59 Å². The molecule has 0 saturated heterocycles. The van der Waals surface area contributed by atoms with E-state index in [1.54, 1.807) is 18.2 Å². The summed E-state index contributed by atoms with van der Waals surface area (Å²) in [6, 6.07) is 5.13. The zero-order chi connectivity index (χ0) is 22.2. The highest BCUT2D eigenvalue weighted by atomic mass is 35.5. The first-order valence-electron chi connectivity index (χ1n) is 10.9. The number of hydrogen-bond donors (Lipinski definition) is 1. The van der Waals surface area contributed by atoms with Crippen LogP contribution in [-0.4, -0.2) is 48.0 Å². The molecule has 0 bridgehead atoms. The highest BCUT2D eigenvalue weighted by Gasteiger charge is 2.22. The third kappa shape index (κ3) is 6.08. The molecule has 1 N–H and O–H groups in total. The van der Waals surface area contributed by atoms with Crippen LogP contribution in [0, 0.1) is 6.92 Å². The minimum Gasteiger partial charge on any atom is -0.462 e. The summed E-state index contributed by atoms with van der Waals surface area (Å²) in [5, 5.41) is 8.21. The number of esters is 1. The molecule has 0 unspecified atom stereocenters. The lowest BCUT2D eigenvalue weighted by atomic mass is 10.1. The molecule has 7 nitrogen and oxygen atoms in total. The average Bonchev–Trinajstić information content (AvgIpc) is 3.10. The van der Waals surface area contributed by atoms with Gasteiger partial charge in [-0.05, 0) is 50.3 Å². The zero-order valence-electron chi connectivity index (χ0n) is 18.2. The second-order valence-electron chi connectivity index (χ2n) is 7.62. The Morgan fingerprint density at radius 1 is 1.32 bits per heavy atom. The number of rotatable bonds is 6. The molecule has 168 valence electrons. The number of hydrogen-bond acceptors (Lipinski definition) is 5. The number of amides is 1. The largest absolute Gasteiger partial charge is 0.462 e. The van der Waals surface area contributed by atoms with Crippen molar-refractivity contribution in [3.05, 3.63) is 51.3 Å². The molecule has 1 aromatic carbocycles. The van der Waals surface area contributed by atoms with Crippen molar-refractivity contribution in [1.29, 1.82) is 0 Å². The third-order valence-corrected chi connectivity index (χ3v) is 5.71. The molecule has 2 heterocycles. The fourth-order valence-corrected chi connectivity index (χ4v) is 3.77. The standard InChI is InChI=1S/C23H30ClN3O4/c1-3-19-21-20(7-4-12-30-13-5-10-25-22(21)28)27(26-19)11-6-14-31-23(29)17-9-8-16(2)18(24)15-17/h8-9,15H,3-7,10-14H2,1-2H3,(H,25,28). The number of aryl methyl sites for hydroxylation is 3. The quantitative estimate of drug-likeness (QED) is 0.538. The number of carbonyl (C=O) groups is 2. The van der Waals surface area contributed by atoms with Gasteiger partial charge in [0.1, 0.15) is 0 Å². The summed E-state index contributed by atoms with van der Waals surface area (Å²) in [5.74, 6) is -0.463. The lowest BCUT2D eigenvalue weighted by Crippen LogP contribution is -2.26. The van der Waals surface area contributed by atoms with Gasteiger partial charge in [0.2, 0.25) is 0 Å². The van der Waals surface area contributed by atoms with Crippen LogP contribution in [-0.2, 0) is 28.9 Å². The van der Waals surface area contributed by atoms with E-state index in [4.69, 9.17) is 21.1 Å². The molecule has 3 rings (SSSR count). The molecule has 0 aliphatic carbocycles. The summed E-state index contributed by atoms with van der Waals surface area (Å²) in [4.78, 5) is 25.0. The van der Waals surface area contributed by atoms with Crippen molar-refractivity contribution < 1.29 is 19.1 Å². The van der Waals surface area contributed by atoms with Crippen LogP contribution >= 0.6 is 11.6 Å². The molecular weight excluding hydrogens is 418 g/mol. The van der Waals surface area contributed by atoms with Gasteiger partial charge in [-0.25, -0.2) is 4.79 Å². The number of nitrogens with zero attached hydrogens (tertiary/aromatic N) is 2. The first-order valence-corrected chi connectivity index (χ1v) is 11.3. The van der Waals surface area contributed by atoms with E-state index in [0.717, 1.165) is 36.2 Å². The molecule has 0 radical (unpaired) electrons. The van der Waals surface area contributed by atoms with Crippen LogP contribution in [0.1, 0.15) is 63.9 Å². The number of ether oxygens (including phenoxy) is 2. The Kier molecular flexibility index (Phi) is 8.49. The number of nitrogens with one attached hydrogen (secondary N) is 1. The number of aromatic nitrogens is 2. The second-order valence-corrected chi connectivity index (χ2v) is 8.03. The highest BCUT2D eigenvalue weighted by molar-refractivity contribution is 6.31. The topological polar surface area (TPSA) is 82.5 Å². The monoisotopic (exact) mass is 447 g/mol. The van der Waals surface area contributed by atoms with Gasteiger partial charge in [0.05, 0.1) is 29.1 Å². The van der Waals surface area contributed by atoms with Gasteiger partial charge in [-0.15, -0.1) is 0 Å². The SMILES string of the molecule is CCc1nn(CCCOC(=O)c2ccc(C)c(Cl)c2)c2c1C(=O)NCCCOCCC2. The van der Waals surface area contributed by atoms with Gasteiger partial charge in [-0.1, -0.05) is 24.6 Å². The molecule has 0 saturated carbocycles. The van der Waals surface area contributed by atoms with Crippen molar-refractivity contribution >= 4 is 23.5 Å². The fraction of sp³-hybridized carbons (Fsp3) is 0.522. The number of carbonyl (C=O) groups excluding carboxylic acids is 2. The van der Waals surface area contributed by atoms with E-state index in [2.05, 4.69) is 10.4 Å². The van der Waals surface area contributed by atoms with Gasteiger partial charge in [0, 0.05) is 37.7 Å². The van der Waals surface area contributed by atoms with Gasteiger partial charge >= 0.3 is 5.97 Å². The van der Waals surface area contributed by atoms with E-state index >= 15 is 0 Å². The fourth-order valence-electron chi connectivity index (χ4n) is 3.59. The van der Waals surface area contributed by atoms with Crippen LogP contribution in [0.3, 0.4) is 0 Å². The Balaban J connectivity index is 1.65.